The summed E-state index contributed by atoms with van der Waals surface area (Å²) in [6.45, 7) is 12.5. The Morgan fingerprint density at radius 1 is 1.16 bits per heavy atom. The van der Waals surface area contributed by atoms with E-state index in [1.807, 2.05) is 51.1 Å². The van der Waals surface area contributed by atoms with Crippen LogP contribution in [0.5, 0.6) is 17.2 Å². The van der Waals surface area contributed by atoms with Crippen molar-refractivity contribution in [1.82, 2.24) is 5.32 Å². The van der Waals surface area contributed by atoms with Crippen molar-refractivity contribution in [2.75, 3.05) is 7.11 Å². The van der Waals surface area contributed by atoms with E-state index in [9.17, 15) is 4.79 Å². The highest BCUT2D eigenvalue weighted by atomic mass is 16.5. The molecule has 0 unspecified atom stereocenters. The van der Waals surface area contributed by atoms with E-state index >= 15 is 0 Å². The van der Waals surface area contributed by atoms with Crippen molar-refractivity contribution < 1.29 is 19.0 Å². The molecular weight excluding hydrogens is 390 g/mol. The van der Waals surface area contributed by atoms with E-state index in [0.29, 0.717) is 18.6 Å². The SMILES string of the molecule is CC[C@@H](Oc1ccc(C(C)(C)C)cc1)C(=O)N[C@H]1CC(C)(C)Oc2cc(OC)ccc21. The Labute approximate surface area is 186 Å². The molecule has 0 saturated heterocycles. The third-order valence-electron chi connectivity index (χ3n) is 5.66. The van der Waals surface area contributed by atoms with Gasteiger partial charge in [0.1, 0.15) is 22.8 Å². The number of nitrogens with one attached hydrogen (secondary N) is 1. The molecule has 0 fully saturated rings. The number of ether oxygens (including phenoxy) is 3. The predicted octanol–water partition coefficient (Wildman–Crippen LogP) is 5.57. The van der Waals surface area contributed by atoms with E-state index in [0.717, 1.165) is 17.1 Å². The quantitative estimate of drug-likeness (QED) is 0.657. The van der Waals surface area contributed by atoms with Gasteiger partial charge in [-0.2, -0.15) is 0 Å². The minimum atomic E-state index is -0.562. The second-order valence-corrected chi connectivity index (χ2v) is 9.82. The fourth-order valence-corrected chi connectivity index (χ4v) is 3.87. The summed E-state index contributed by atoms with van der Waals surface area (Å²) in [5.74, 6) is 2.06. The lowest BCUT2D eigenvalue weighted by Gasteiger charge is -2.38. The second-order valence-electron chi connectivity index (χ2n) is 9.82. The largest absolute Gasteiger partial charge is 0.497 e. The van der Waals surface area contributed by atoms with Crippen LogP contribution in [0.2, 0.25) is 0 Å². The summed E-state index contributed by atoms with van der Waals surface area (Å²) in [6.07, 6.45) is 0.692. The standard InChI is InChI=1S/C26H35NO4/c1-8-22(30-18-11-9-17(10-12-18)25(2,3)4)24(28)27-21-16-26(5,6)31-23-15-19(29-7)13-14-20(21)23/h9-15,21-22H,8,16H2,1-7H3,(H,27,28)/t21-,22+/m0/s1. The Morgan fingerprint density at radius 2 is 1.81 bits per heavy atom. The maximum absolute atomic E-state index is 13.1. The molecule has 168 valence electrons. The summed E-state index contributed by atoms with van der Waals surface area (Å²) < 4.78 is 17.5. The van der Waals surface area contributed by atoms with Crippen molar-refractivity contribution in [1.29, 1.82) is 0 Å². The zero-order valence-electron chi connectivity index (χ0n) is 19.7. The molecule has 0 saturated carbocycles. The minimum absolute atomic E-state index is 0.0754. The first-order chi connectivity index (χ1) is 14.5. The molecule has 2 aromatic carbocycles. The van der Waals surface area contributed by atoms with Crippen molar-refractivity contribution >= 4 is 5.91 Å². The maximum Gasteiger partial charge on any atom is 0.261 e. The summed E-state index contributed by atoms with van der Waals surface area (Å²) in [6, 6.07) is 13.6. The number of carbonyl (C=O) groups excluding carboxylic acids is 1. The summed E-state index contributed by atoms with van der Waals surface area (Å²) in [5.41, 5.74) is 1.86. The predicted molar refractivity (Wildman–Crippen MR) is 123 cm³/mol. The lowest BCUT2D eigenvalue weighted by atomic mass is 9.87. The number of amides is 1. The average molecular weight is 426 g/mol. The van der Waals surface area contributed by atoms with E-state index in [2.05, 4.69) is 38.2 Å². The topological polar surface area (TPSA) is 56.8 Å². The smallest absolute Gasteiger partial charge is 0.261 e. The zero-order chi connectivity index (χ0) is 22.8. The molecule has 31 heavy (non-hydrogen) atoms. The molecule has 0 radical (unpaired) electrons. The number of carbonyl (C=O) groups is 1. The number of hydrogen-bond acceptors (Lipinski definition) is 4. The third kappa shape index (κ3) is 5.52. The molecule has 1 N–H and O–H groups in total. The first kappa shape index (κ1) is 23.0. The van der Waals surface area contributed by atoms with Gasteiger partial charge in [-0.15, -0.1) is 0 Å². The highest BCUT2D eigenvalue weighted by Gasteiger charge is 2.36. The molecule has 2 aromatic rings. The van der Waals surface area contributed by atoms with E-state index < -0.39 is 11.7 Å². The van der Waals surface area contributed by atoms with Crippen LogP contribution in [-0.4, -0.2) is 24.7 Å². The fraction of sp³-hybridized carbons (Fsp3) is 0.500. The normalized spacial score (nSPS) is 18.4. The summed E-state index contributed by atoms with van der Waals surface area (Å²) in [4.78, 5) is 13.1. The van der Waals surface area contributed by atoms with Gasteiger partial charge < -0.3 is 19.5 Å². The van der Waals surface area contributed by atoms with Crippen LogP contribution in [0.15, 0.2) is 42.5 Å². The van der Waals surface area contributed by atoms with Crippen LogP contribution >= 0.6 is 0 Å². The third-order valence-corrected chi connectivity index (χ3v) is 5.66. The van der Waals surface area contributed by atoms with Crippen LogP contribution in [0.4, 0.5) is 0 Å². The summed E-state index contributed by atoms with van der Waals surface area (Å²) in [7, 11) is 1.63. The van der Waals surface area contributed by atoms with Crippen molar-refractivity contribution in [3.63, 3.8) is 0 Å². The van der Waals surface area contributed by atoms with Gasteiger partial charge in [0.15, 0.2) is 6.10 Å². The minimum Gasteiger partial charge on any atom is -0.497 e. The van der Waals surface area contributed by atoms with E-state index in [1.54, 1.807) is 7.11 Å². The van der Waals surface area contributed by atoms with Crippen LogP contribution in [-0.2, 0) is 10.2 Å². The summed E-state index contributed by atoms with van der Waals surface area (Å²) in [5, 5.41) is 3.19. The molecule has 2 atom stereocenters. The summed E-state index contributed by atoms with van der Waals surface area (Å²) >= 11 is 0. The first-order valence-electron chi connectivity index (χ1n) is 11.0. The van der Waals surface area contributed by atoms with Crippen molar-refractivity contribution in [2.24, 2.45) is 0 Å². The van der Waals surface area contributed by atoms with Crippen LogP contribution in [0.1, 0.15) is 71.6 Å². The monoisotopic (exact) mass is 425 g/mol. The number of benzene rings is 2. The Kier molecular flexibility index (Phi) is 6.54. The highest BCUT2D eigenvalue weighted by Crippen LogP contribution is 2.41. The molecule has 1 aliphatic heterocycles. The van der Waals surface area contributed by atoms with Crippen LogP contribution in [0.25, 0.3) is 0 Å². The van der Waals surface area contributed by atoms with Gasteiger partial charge in [-0.05, 0) is 55.5 Å². The van der Waals surface area contributed by atoms with Gasteiger partial charge in [-0.3, -0.25) is 4.79 Å². The van der Waals surface area contributed by atoms with Gasteiger partial charge in [0.25, 0.3) is 5.91 Å². The van der Waals surface area contributed by atoms with Crippen LogP contribution < -0.4 is 19.5 Å². The van der Waals surface area contributed by atoms with Gasteiger partial charge in [0.2, 0.25) is 0 Å². The molecule has 5 heteroatoms. The van der Waals surface area contributed by atoms with Crippen LogP contribution in [0.3, 0.4) is 0 Å². The Balaban J connectivity index is 1.75. The molecule has 0 bridgehead atoms. The Hall–Kier alpha value is -2.69. The van der Waals surface area contributed by atoms with Crippen molar-refractivity contribution in [3.05, 3.63) is 53.6 Å². The van der Waals surface area contributed by atoms with Gasteiger partial charge >= 0.3 is 0 Å². The highest BCUT2D eigenvalue weighted by molar-refractivity contribution is 5.81. The molecule has 1 amide bonds. The number of hydrogen-bond donors (Lipinski definition) is 1. The molecule has 0 spiro atoms. The van der Waals surface area contributed by atoms with Crippen LogP contribution in [0, 0.1) is 0 Å². The average Bonchev–Trinajstić information content (AvgIpc) is 2.70. The fourth-order valence-electron chi connectivity index (χ4n) is 3.87. The molecule has 5 nitrogen and oxygen atoms in total. The van der Waals surface area contributed by atoms with E-state index in [-0.39, 0.29) is 17.4 Å². The molecule has 1 heterocycles. The van der Waals surface area contributed by atoms with E-state index in [4.69, 9.17) is 14.2 Å². The van der Waals surface area contributed by atoms with Gasteiger partial charge in [-0.1, -0.05) is 39.8 Å². The molecule has 0 aromatic heterocycles. The lowest BCUT2D eigenvalue weighted by molar-refractivity contribution is -0.129. The molecule has 0 aliphatic carbocycles. The van der Waals surface area contributed by atoms with Crippen molar-refractivity contribution in [2.45, 2.75) is 77.5 Å². The lowest BCUT2D eigenvalue weighted by Crippen LogP contribution is -2.45. The van der Waals surface area contributed by atoms with Gasteiger partial charge in [0, 0.05) is 18.1 Å². The zero-order valence-corrected chi connectivity index (χ0v) is 19.7. The maximum atomic E-state index is 13.1. The Morgan fingerprint density at radius 3 is 2.39 bits per heavy atom. The number of methoxy groups -OCH3 is 1. The molecule has 1 aliphatic rings. The van der Waals surface area contributed by atoms with Gasteiger partial charge in [0.05, 0.1) is 13.2 Å². The van der Waals surface area contributed by atoms with Gasteiger partial charge in [-0.25, -0.2) is 0 Å². The molecule has 3 rings (SSSR count). The van der Waals surface area contributed by atoms with E-state index in [1.165, 1.54) is 5.56 Å². The van der Waals surface area contributed by atoms with Crippen molar-refractivity contribution in [3.8, 4) is 17.2 Å². The first-order valence-corrected chi connectivity index (χ1v) is 11.0. The molecular formula is C26H35NO4. The second kappa shape index (κ2) is 8.81. The Bertz CT molecular complexity index is 912. The number of rotatable bonds is 6. The number of fused-ring (bicyclic) bond motifs is 1.